The Morgan fingerprint density at radius 2 is 1.73 bits per heavy atom. The fraction of sp³-hybridized carbons (Fsp3) is 0.818. The van der Waals surface area contributed by atoms with Gasteiger partial charge in [-0.15, -0.1) is 0 Å². The first-order valence-corrected chi connectivity index (χ1v) is 5.21. The molecule has 0 aliphatic rings. The van der Waals surface area contributed by atoms with Gasteiger partial charge in [-0.2, -0.15) is 0 Å². The van der Waals surface area contributed by atoms with Gasteiger partial charge < -0.3 is 10.1 Å². The number of esters is 1. The smallest absolute Gasteiger partial charge is 0.306 e. The highest BCUT2D eigenvalue weighted by Crippen LogP contribution is 2.02. The van der Waals surface area contributed by atoms with Crippen molar-refractivity contribution in [1.82, 2.24) is 5.32 Å². The molecule has 0 saturated carbocycles. The van der Waals surface area contributed by atoms with Gasteiger partial charge in [-0.1, -0.05) is 0 Å². The van der Waals surface area contributed by atoms with E-state index < -0.39 is 0 Å². The molecular weight excluding hydrogens is 194 g/mol. The van der Waals surface area contributed by atoms with Crippen molar-refractivity contribution < 1.29 is 14.3 Å². The van der Waals surface area contributed by atoms with Crippen molar-refractivity contribution in [3.63, 3.8) is 0 Å². The van der Waals surface area contributed by atoms with Crippen LogP contribution >= 0.6 is 0 Å². The Labute approximate surface area is 91.4 Å². The molecule has 4 heteroatoms. The van der Waals surface area contributed by atoms with Gasteiger partial charge in [0, 0.05) is 12.0 Å². The molecule has 0 atom stereocenters. The molecule has 0 aromatic heterocycles. The van der Waals surface area contributed by atoms with Gasteiger partial charge in [0.2, 0.25) is 5.91 Å². The number of hydrogen-bond acceptors (Lipinski definition) is 3. The Balaban J connectivity index is 3.77. The molecule has 1 N–H and O–H groups in total. The van der Waals surface area contributed by atoms with E-state index in [1.54, 1.807) is 13.8 Å². The molecule has 4 nitrogen and oxygen atoms in total. The van der Waals surface area contributed by atoms with Gasteiger partial charge >= 0.3 is 5.97 Å². The van der Waals surface area contributed by atoms with Crippen LogP contribution in [-0.2, 0) is 14.3 Å². The number of ether oxygens (including phenoxy) is 1. The number of rotatable bonds is 4. The van der Waals surface area contributed by atoms with Crippen LogP contribution < -0.4 is 5.32 Å². The molecule has 0 saturated heterocycles. The zero-order chi connectivity index (χ0) is 12.1. The number of nitrogens with one attached hydrogen (secondary N) is 1. The summed E-state index contributed by atoms with van der Waals surface area (Å²) in [4.78, 5) is 22.5. The summed E-state index contributed by atoms with van der Waals surface area (Å²) in [6.45, 7) is 9.27. The number of hydrogen-bond donors (Lipinski definition) is 1. The zero-order valence-corrected chi connectivity index (χ0v) is 10.2. The molecule has 0 aliphatic heterocycles. The van der Waals surface area contributed by atoms with Gasteiger partial charge in [-0.05, 0) is 34.6 Å². The van der Waals surface area contributed by atoms with Crippen LogP contribution in [0.3, 0.4) is 0 Å². The first kappa shape index (κ1) is 13.9. The van der Waals surface area contributed by atoms with Gasteiger partial charge in [0.1, 0.15) is 0 Å². The van der Waals surface area contributed by atoms with Crippen molar-refractivity contribution in [3.05, 3.63) is 0 Å². The lowest BCUT2D eigenvalue weighted by Crippen LogP contribution is -2.40. The van der Waals surface area contributed by atoms with Gasteiger partial charge in [0.15, 0.2) is 0 Å². The van der Waals surface area contributed by atoms with Crippen molar-refractivity contribution >= 4 is 11.9 Å². The van der Waals surface area contributed by atoms with Gasteiger partial charge in [-0.25, -0.2) is 0 Å². The Hall–Kier alpha value is -1.06. The first-order valence-electron chi connectivity index (χ1n) is 5.21. The minimum absolute atomic E-state index is 0.122. The summed E-state index contributed by atoms with van der Waals surface area (Å²) in [6, 6.07) is 0. The Morgan fingerprint density at radius 3 is 2.13 bits per heavy atom. The molecule has 0 heterocycles. The maximum atomic E-state index is 11.3. The lowest BCUT2D eigenvalue weighted by Gasteiger charge is -2.20. The second-order valence-corrected chi connectivity index (χ2v) is 4.84. The van der Waals surface area contributed by atoms with E-state index in [2.05, 4.69) is 5.32 Å². The molecule has 0 spiro atoms. The van der Waals surface area contributed by atoms with E-state index in [-0.39, 0.29) is 36.4 Å². The van der Waals surface area contributed by atoms with Crippen LogP contribution in [0.2, 0.25) is 0 Å². The third kappa shape index (κ3) is 9.25. The normalized spacial score (nSPS) is 11.3. The lowest BCUT2D eigenvalue weighted by molar-refractivity contribution is -0.148. The summed E-state index contributed by atoms with van der Waals surface area (Å²) in [7, 11) is 0. The van der Waals surface area contributed by atoms with Crippen molar-refractivity contribution in [2.45, 2.75) is 59.1 Å². The molecule has 0 fully saturated rings. The largest absolute Gasteiger partial charge is 0.463 e. The summed E-state index contributed by atoms with van der Waals surface area (Å²) in [5.41, 5.74) is -0.251. The highest BCUT2D eigenvalue weighted by atomic mass is 16.5. The van der Waals surface area contributed by atoms with Crippen LogP contribution in [0.15, 0.2) is 0 Å². The van der Waals surface area contributed by atoms with Crippen molar-refractivity contribution in [1.29, 1.82) is 0 Å². The Kier molecular flexibility index (Phi) is 5.33. The van der Waals surface area contributed by atoms with Gasteiger partial charge in [0.25, 0.3) is 0 Å². The number of carbonyl (C=O) groups is 2. The summed E-state index contributed by atoms with van der Waals surface area (Å²) in [6.07, 6.45) is 0.200. The Bertz CT molecular complexity index is 228. The fourth-order valence-electron chi connectivity index (χ4n) is 1.02. The predicted molar refractivity (Wildman–Crippen MR) is 58.4 cm³/mol. The second kappa shape index (κ2) is 5.73. The molecule has 0 aromatic rings. The minimum Gasteiger partial charge on any atom is -0.463 e. The van der Waals surface area contributed by atoms with Crippen LogP contribution in [-0.4, -0.2) is 23.5 Å². The summed E-state index contributed by atoms with van der Waals surface area (Å²) in [5.74, 6) is -0.447. The van der Waals surface area contributed by atoms with E-state index in [0.717, 1.165) is 0 Å². The molecule has 0 radical (unpaired) electrons. The second-order valence-electron chi connectivity index (χ2n) is 4.84. The van der Waals surface area contributed by atoms with E-state index in [1.165, 1.54) is 0 Å². The fourth-order valence-corrected chi connectivity index (χ4v) is 1.02. The SMILES string of the molecule is CC(C)OC(=O)CCC(=O)NC(C)(C)C. The molecule has 0 unspecified atom stereocenters. The summed E-state index contributed by atoms with van der Waals surface area (Å²) >= 11 is 0. The molecular formula is C11H21NO3. The van der Waals surface area contributed by atoms with Gasteiger partial charge in [-0.3, -0.25) is 9.59 Å². The third-order valence-electron chi connectivity index (χ3n) is 1.44. The van der Waals surface area contributed by atoms with Crippen molar-refractivity contribution in [3.8, 4) is 0 Å². The standard InChI is InChI=1S/C11H21NO3/c1-8(2)15-10(14)7-6-9(13)12-11(3,4)5/h8H,6-7H2,1-5H3,(H,12,13). The van der Waals surface area contributed by atoms with E-state index in [4.69, 9.17) is 4.74 Å². The van der Waals surface area contributed by atoms with Crippen LogP contribution in [0.4, 0.5) is 0 Å². The summed E-state index contributed by atoms with van der Waals surface area (Å²) < 4.78 is 4.91. The number of amides is 1. The first-order chi connectivity index (χ1) is 6.70. The topological polar surface area (TPSA) is 55.4 Å². The van der Waals surface area contributed by atoms with Gasteiger partial charge in [0.05, 0.1) is 12.5 Å². The Morgan fingerprint density at radius 1 is 1.20 bits per heavy atom. The minimum atomic E-state index is -0.325. The average molecular weight is 215 g/mol. The monoisotopic (exact) mass is 215 g/mol. The molecule has 0 rings (SSSR count). The molecule has 1 amide bonds. The molecule has 15 heavy (non-hydrogen) atoms. The highest BCUT2D eigenvalue weighted by molar-refractivity contribution is 5.81. The van der Waals surface area contributed by atoms with Crippen LogP contribution in [0.5, 0.6) is 0 Å². The quantitative estimate of drug-likeness (QED) is 0.725. The predicted octanol–water partition coefficient (Wildman–Crippen LogP) is 1.63. The molecule has 0 bridgehead atoms. The lowest BCUT2D eigenvalue weighted by atomic mass is 10.1. The average Bonchev–Trinajstić information content (AvgIpc) is 1.96. The molecule has 88 valence electrons. The van der Waals surface area contributed by atoms with Crippen molar-refractivity contribution in [2.75, 3.05) is 0 Å². The van der Waals surface area contributed by atoms with Crippen molar-refractivity contribution in [2.24, 2.45) is 0 Å². The van der Waals surface area contributed by atoms with Crippen LogP contribution in [0.1, 0.15) is 47.5 Å². The number of carbonyl (C=O) groups excluding carboxylic acids is 2. The van der Waals surface area contributed by atoms with Crippen LogP contribution in [0.25, 0.3) is 0 Å². The summed E-state index contributed by atoms with van der Waals surface area (Å²) in [5, 5.41) is 2.78. The van der Waals surface area contributed by atoms with E-state index in [0.29, 0.717) is 0 Å². The van der Waals surface area contributed by atoms with E-state index in [9.17, 15) is 9.59 Å². The zero-order valence-electron chi connectivity index (χ0n) is 10.2. The van der Waals surface area contributed by atoms with E-state index in [1.807, 2.05) is 20.8 Å². The van der Waals surface area contributed by atoms with E-state index >= 15 is 0 Å². The molecule has 0 aromatic carbocycles. The maximum absolute atomic E-state index is 11.3. The third-order valence-corrected chi connectivity index (χ3v) is 1.44. The van der Waals surface area contributed by atoms with Crippen LogP contribution in [0, 0.1) is 0 Å². The molecule has 0 aliphatic carbocycles. The highest BCUT2D eigenvalue weighted by Gasteiger charge is 2.15. The maximum Gasteiger partial charge on any atom is 0.306 e.